The van der Waals surface area contributed by atoms with E-state index in [0.717, 1.165) is 33.7 Å². The van der Waals surface area contributed by atoms with Gasteiger partial charge in [0.2, 0.25) is 0 Å². The first-order chi connectivity index (χ1) is 10.2. The predicted molar refractivity (Wildman–Crippen MR) is 86.3 cm³/mol. The van der Waals surface area contributed by atoms with Crippen LogP contribution < -0.4 is 0 Å². The molecule has 2 aromatic rings. The van der Waals surface area contributed by atoms with Gasteiger partial charge in [0.25, 0.3) is 0 Å². The van der Waals surface area contributed by atoms with Crippen LogP contribution in [0.5, 0.6) is 0 Å². The summed E-state index contributed by atoms with van der Waals surface area (Å²) < 4.78 is 0. The summed E-state index contributed by atoms with van der Waals surface area (Å²) in [7, 11) is 0. The third-order valence-corrected chi connectivity index (χ3v) is 5.40. The van der Waals surface area contributed by atoms with Crippen LogP contribution in [-0.2, 0) is 12.1 Å². The van der Waals surface area contributed by atoms with Gasteiger partial charge in [0.1, 0.15) is 5.04 Å². The van der Waals surface area contributed by atoms with Crippen molar-refractivity contribution in [2.75, 3.05) is 0 Å². The van der Waals surface area contributed by atoms with E-state index in [9.17, 15) is 5.11 Å². The van der Waals surface area contributed by atoms with Crippen molar-refractivity contribution in [3.8, 4) is 12.3 Å². The molecule has 0 spiro atoms. The van der Waals surface area contributed by atoms with Gasteiger partial charge in [0.15, 0.2) is 5.72 Å². The maximum Gasteiger partial charge on any atom is 0.196 e. The molecule has 1 aliphatic carbocycles. The summed E-state index contributed by atoms with van der Waals surface area (Å²) in [5, 5.41) is 12.0. The van der Waals surface area contributed by atoms with E-state index < -0.39 is 5.72 Å². The minimum Gasteiger partial charge on any atom is -0.365 e. The van der Waals surface area contributed by atoms with E-state index in [0.29, 0.717) is 0 Å². The molecule has 0 radical (unpaired) electrons. The van der Waals surface area contributed by atoms with Crippen LogP contribution in [0.25, 0.3) is 0 Å². The smallest absolute Gasteiger partial charge is 0.196 e. The maximum atomic E-state index is 11.0. The van der Waals surface area contributed by atoms with Gasteiger partial charge in [-0.25, -0.2) is 4.99 Å². The first kappa shape index (κ1) is 12.7. The average molecular weight is 291 g/mol. The molecule has 2 unspecified atom stereocenters. The molecule has 2 aliphatic rings. The van der Waals surface area contributed by atoms with Gasteiger partial charge in [-0.1, -0.05) is 54.1 Å². The highest BCUT2D eigenvalue weighted by molar-refractivity contribution is 8.15. The second-order valence-corrected chi connectivity index (χ2v) is 6.53. The van der Waals surface area contributed by atoms with Gasteiger partial charge in [0, 0.05) is 16.7 Å². The first-order valence-electron chi connectivity index (χ1n) is 6.85. The minimum atomic E-state index is -1.11. The van der Waals surface area contributed by atoms with Crippen LogP contribution in [0.1, 0.15) is 22.3 Å². The summed E-state index contributed by atoms with van der Waals surface area (Å²) >= 11 is 1.65. The van der Waals surface area contributed by atoms with Crippen LogP contribution in [0, 0.1) is 12.3 Å². The largest absolute Gasteiger partial charge is 0.365 e. The van der Waals surface area contributed by atoms with Gasteiger partial charge in [-0.3, -0.25) is 0 Å². The van der Waals surface area contributed by atoms with Crippen molar-refractivity contribution < 1.29 is 5.11 Å². The van der Waals surface area contributed by atoms with Crippen molar-refractivity contribution in [3.63, 3.8) is 0 Å². The molecule has 0 bridgehead atoms. The molecule has 0 saturated carbocycles. The number of nitrogens with zero attached hydrogens (tertiary/aromatic N) is 1. The Bertz CT molecular complexity index is 791. The summed E-state index contributed by atoms with van der Waals surface area (Å²) in [4.78, 5) is 4.63. The summed E-state index contributed by atoms with van der Waals surface area (Å²) in [6.07, 6.45) is 6.24. The fraction of sp³-hybridized carbons (Fsp3) is 0.167. The SMILES string of the molecule is C#Cc1ccc2c(c1)CC1SC(c3ccccc3)=NC21O. The lowest BCUT2D eigenvalue weighted by molar-refractivity contribution is 0.0580. The number of terminal acetylenes is 1. The third kappa shape index (κ3) is 1.84. The number of hydrogen-bond donors (Lipinski definition) is 1. The molecule has 1 N–H and O–H groups in total. The molecular weight excluding hydrogens is 278 g/mol. The molecule has 3 heteroatoms. The van der Waals surface area contributed by atoms with Crippen molar-refractivity contribution >= 4 is 16.8 Å². The normalized spacial score (nSPS) is 25.9. The zero-order valence-electron chi connectivity index (χ0n) is 11.3. The Morgan fingerprint density at radius 1 is 1.24 bits per heavy atom. The molecule has 2 atom stereocenters. The Morgan fingerprint density at radius 2 is 2.05 bits per heavy atom. The quantitative estimate of drug-likeness (QED) is 0.819. The number of benzene rings is 2. The van der Waals surface area contributed by atoms with E-state index in [4.69, 9.17) is 6.42 Å². The Kier molecular flexibility index (Phi) is 2.72. The monoisotopic (exact) mass is 291 g/mol. The highest BCUT2D eigenvalue weighted by Crippen LogP contribution is 2.50. The molecular formula is C18H13NOS. The standard InChI is InChI=1S/C18H13NOS/c1-2-12-8-9-15-14(10-12)11-16-18(15,20)19-17(21-16)13-6-4-3-5-7-13/h1,3-10,16,20H,11H2. The minimum absolute atomic E-state index is 0.0377. The van der Waals surface area contributed by atoms with Crippen molar-refractivity contribution in [2.45, 2.75) is 17.4 Å². The Morgan fingerprint density at radius 3 is 2.81 bits per heavy atom. The van der Waals surface area contributed by atoms with Crippen molar-refractivity contribution in [1.29, 1.82) is 0 Å². The Labute approximate surface area is 127 Å². The molecule has 0 amide bonds. The average Bonchev–Trinajstić information content (AvgIpc) is 2.98. The van der Waals surface area contributed by atoms with Gasteiger partial charge in [-0.05, 0) is 24.1 Å². The highest BCUT2D eigenvalue weighted by atomic mass is 32.2. The fourth-order valence-corrected chi connectivity index (χ4v) is 4.35. The van der Waals surface area contributed by atoms with Crippen LogP contribution >= 0.6 is 11.8 Å². The lowest BCUT2D eigenvalue weighted by atomic mass is 10.0. The summed E-state index contributed by atoms with van der Waals surface area (Å²) in [5.74, 6) is 2.65. The molecule has 2 aromatic carbocycles. The summed E-state index contributed by atoms with van der Waals surface area (Å²) in [6.45, 7) is 0. The number of rotatable bonds is 1. The van der Waals surface area contributed by atoms with Gasteiger partial charge in [-0.2, -0.15) is 0 Å². The van der Waals surface area contributed by atoms with Gasteiger partial charge in [-0.15, -0.1) is 6.42 Å². The zero-order valence-corrected chi connectivity index (χ0v) is 12.1. The van der Waals surface area contributed by atoms with E-state index >= 15 is 0 Å². The van der Waals surface area contributed by atoms with E-state index in [1.165, 1.54) is 0 Å². The highest BCUT2D eigenvalue weighted by Gasteiger charge is 2.50. The number of aliphatic imine (C=N–C) groups is 1. The molecule has 4 rings (SSSR count). The molecule has 1 heterocycles. The lowest BCUT2D eigenvalue weighted by Gasteiger charge is -2.19. The van der Waals surface area contributed by atoms with E-state index in [1.807, 2.05) is 48.5 Å². The summed E-state index contributed by atoms with van der Waals surface area (Å²) in [5.41, 5.74) is 2.81. The van der Waals surface area contributed by atoms with E-state index in [2.05, 4.69) is 10.9 Å². The number of aliphatic hydroxyl groups is 1. The lowest BCUT2D eigenvalue weighted by Crippen LogP contribution is -2.27. The fourth-order valence-electron chi connectivity index (χ4n) is 3.01. The summed E-state index contributed by atoms with van der Waals surface area (Å²) in [6, 6.07) is 15.8. The van der Waals surface area contributed by atoms with Crippen molar-refractivity contribution in [2.24, 2.45) is 4.99 Å². The molecule has 21 heavy (non-hydrogen) atoms. The van der Waals surface area contributed by atoms with Gasteiger partial charge >= 0.3 is 0 Å². The topological polar surface area (TPSA) is 32.6 Å². The van der Waals surface area contributed by atoms with Crippen LogP contribution in [0.2, 0.25) is 0 Å². The number of fused-ring (bicyclic) bond motifs is 3. The molecule has 2 nitrogen and oxygen atoms in total. The second kappa shape index (κ2) is 4.49. The molecule has 102 valence electrons. The van der Waals surface area contributed by atoms with Crippen LogP contribution in [0.15, 0.2) is 53.5 Å². The second-order valence-electron chi connectivity index (χ2n) is 5.34. The van der Waals surface area contributed by atoms with Crippen molar-refractivity contribution in [1.82, 2.24) is 0 Å². The maximum absolute atomic E-state index is 11.0. The Balaban J connectivity index is 1.79. The number of hydrogen-bond acceptors (Lipinski definition) is 3. The van der Waals surface area contributed by atoms with E-state index in [1.54, 1.807) is 11.8 Å². The van der Waals surface area contributed by atoms with E-state index in [-0.39, 0.29) is 5.25 Å². The molecule has 0 saturated heterocycles. The Hall–Kier alpha value is -2.02. The van der Waals surface area contributed by atoms with Crippen LogP contribution in [0.4, 0.5) is 0 Å². The van der Waals surface area contributed by atoms with Crippen LogP contribution in [0.3, 0.4) is 0 Å². The zero-order chi connectivity index (χ0) is 14.4. The molecule has 1 aliphatic heterocycles. The predicted octanol–water partition coefficient (Wildman–Crippen LogP) is 2.93. The first-order valence-corrected chi connectivity index (χ1v) is 7.73. The molecule has 0 fully saturated rings. The molecule has 0 aromatic heterocycles. The van der Waals surface area contributed by atoms with Gasteiger partial charge in [0.05, 0.1) is 5.25 Å². The van der Waals surface area contributed by atoms with Crippen molar-refractivity contribution in [3.05, 3.63) is 70.8 Å². The van der Waals surface area contributed by atoms with Crippen LogP contribution in [-0.4, -0.2) is 15.4 Å². The van der Waals surface area contributed by atoms with Gasteiger partial charge < -0.3 is 5.11 Å². The third-order valence-electron chi connectivity index (χ3n) is 4.07. The number of thioether (sulfide) groups is 1.